The van der Waals surface area contributed by atoms with Crippen LogP contribution in [0.25, 0.3) is 0 Å². The number of fused-ring (bicyclic) bond motifs is 3. The van der Waals surface area contributed by atoms with Crippen molar-refractivity contribution in [1.29, 1.82) is 0 Å². The molecule has 2 aliphatic rings. The first-order valence-corrected chi connectivity index (χ1v) is 11.5. The number of pyridine rings is 1. The first kappa shape index (κ1) is 19.2. The highest BCUT2D eigenvalue weighted by molar-refractivity contribution is 7.92. The summed E-state index contributed by atoms with van der Waals surface area (Å²) in [4.78, 5) is 6.87. The van der Waals surface area contributed by atoms with E-state index in [0.717, 1.165) is 11.3 Å². The second kappa shape index (κ2) is 7.50. The number of para-hydroxylation sites is 1. The summed E-state index contributed by atoms with van der Waals surface area (Å²) in [6, 6.07) is 21.9. The van der Waals surface area contributed by atoms with Gasteiger partial charge in [0.05, 0.1) is 29.4 Å². The lowest BCUT2D eigenvalue weighted by atomic mass is 9.72. The number of aliphatic hydroxyl groups excluding tert-OH is 1. The molecule has 0 unspecified atom stereocenters. The van der Waals surface area contributed by atoms with E-state index >= 15 is 0 Å². The third-order valence-corrected chi connectivity index (χ3v) is 7.98. The molecule has 0 spiro atoms. The molecule has 30 heavy (non-hydrogen) atoms. The van der Waals surface area contributed by atoms with E-state index in [4.69, 9.17) is 0 Å². The number of likely N-dealkylation sites (tertiary alicyclic amines) is 1. The van der Waals surface area contributed by atoms with Crippen LogP contribution in [0.3, 0.4) is 0 Å². The van der Waals surface area contributed by atoms with Gasteiger partial charge in [-0.2, -0.15) is 0 Å². The largest absolute Gasteiger partial charge is 0.395 e. The van der Waals surface area contributed by atoms with Gasteiger partial charge in [-0.1, -0.05) is 42.5 Å². The van der Waals surface area contributed by atoms with Gasteiger partial charge in [0, 0.05) is 30.7 Å². The first-order valence-electron chi connectivity index (χ1n) is 10.0. The third kappa shape index (κ3) is 3.01. The van der Waals surface area contributed by atoms with Crippen molar-refractivity contribution in [2.75, 3.05) is 17.5 Å². The third-order valence-electron chi connectivity index (χ3n) is 6.19. The monoisotopic (exact) mass is 421 g/mol. The van der Waals surface area contributed by atoms with Gasteiger partial charge in [0.25, 0.3) is 10.0 Å². The lowest BCUT2D eigenvalue weighted by molar-refractivity contribution is -0.0485. The fourth-order valence-electron chi connectivity index (χ4n) is 4.79. The molecule has 7 heteroatoms. The van der Waals surface area contributed by atoms with E-state index in [2.05, 4.69) is 9.88 Å². The van der Waals surface area contributed by atoms with Crippen LogP contribution in [0.5, 0.6) is 0 Å². The molecule has 0 radical (unpaired) electrons. The van der Waals surface area contributed by atoms with Crippen molar-refractivity contribution in [3.63, 3.8) is 0 Å². The van der Waals surface area contributed by atoms with E-state index in [9.17, 15) is 13.5 Å². The minimum absolute atomic E-state index is 0.0162. The van der Waals surface area contributed by atoms with Crippen LogP contribution in [0.4, 0.5) is 5.69 Å². The molecule has 3 atom stereocenters. The number of hydrogen-bond acceptors (Lipinski definition) is 5. The first-order chi connectivity index (χ1) is 14.6. The highest BCUT2D eigenvalue weighted by atomic mass is 32.2. The Morgan fingerprint density at radius 2 is 1.70 bits per heavy atom. The second-order valence-corrected chi connectivity index (χ2v) is 9.61. The van der Waals surface area contributed by atoms with Gasteiger partial charge in [0.1, 0.15) is 0 Å². The predicted octanol–water partition coefficient (Wildman–Crippen LogP) is 2.62. The van der Waals surface area contributed by atoms with Crippen molar-refractivity contribution in [3.8, 4) is 0 Å². The number of nitrogens with zero attached hydrogens (tertiary/aromatic N) is 3. The summed E-state index contributed by atoms with van der Waals surface area (Å²) in [5.41, 5.74) is 2.59. The maximum atomic E-state index is 13.5. The van der Waals surface area contributed by atoms with Gasteiger partial charge >= 0.3 is 0 Å². The lowest BCUT2D eigenvalue weighted by Gasteiger charge is -2.59. The maximum absolute atomic E-state index is 13.5. The van der Waals surface area contributed by atoms with Crippen molar-refractivity contribution in [2.24, 2.45) is 0 Å². The Hall–Kier alpha value is -2.74. The minimum Gasteiger partial charge on any atom is -0.395 e. The molecule has 154 valence electrons. The van der Waals surface area contributed by atoms with Gasteiger partial charge in [-0.25, -0.2) is 8.42 Å². The van der Waals surface area contributed by atoms with E-state index < -0.39 is 10.0 Å². The van der Waals surface area contributed by atoms with E-state index in [1.807, 2.05) is 48.5 Å². The number of sulfonamides is 1. The zero-order valence-electron chi connectivity index (χ0n) is 16.4. The SMILES string of the molecule is O=S(=O)(c1ccccc1)N1C[C@H]2[C@@H](c3ccccc31)[C@@H](CO)N2Cc1ccccn1. The van der Waals surface area contributed by atoms with E-state index in [-0.39, 0.29) is 29.5 Å². The number of rotatable bonds is 5. The molecule has 0 bridgehead atoms. The standard InChI is InChI=1S/C23H23N3O3S/c27-16-22-23-19-11-4-5-12-20(19)26(30(28,29)18-9-2-1-3-10-18)15-21(23)25(22)14-17-8-6-7-13-24-17/h1-13,21-23,27H,14-16H2/t21-,22+,23+/m0/s1. The average Bonchev–Trinajstić information content (AvgIpc) is 2.78. The molecule has 3 aromatic rings. The van der Waals surface area contributed by atoms with Crippen LogP contribution in [0.2, 0.25) is 0 Å². The van der Waals surface area contributed by atoms with Crippen molar-refractivity contribution in [1.82, 2.24) is 9.88 Å². The number of hydrogen-bond donors (Lipinski definition) is 1. The molecule has 5 rings (SSSR count). The zero-order valence-corrected chi connectivity index (χ0v) is 17.2. The molecule has 0 saturated carbocycles. The van der Waals surface area contributed by atoms with Gasteiger partial charge in [-0.3, -0.25) is 14.2 Å². The molecule has 1 fully saturated rings. The van der Waals surface area contributed by atoms with Gasteiger partial charge in [-0.15, -0.1) is 0 Å². The van der Waals surface area contributed by atoms with Gasteiger partial charge < -0.3 is 5.11 Å². The van der Waals surface area contributed by atoms with Crippen LogP contribution in [-0.2, 0) is 16.6 Å². The number of benzene rings is 2. The molecule has 1 saturated heterocycles. The Balaban J connectivity index is 1.54. The van der Waals surface area contributed by atoms with Crippen LogP contribution in [0.15, 0.2) is 83.9 Å². The van der Waals surface area contributed by atoms with Crippen LogP contribution in [0.1, 0.15) is 17.2 Å². The fourth-order valence-corrected chi connectivity index (χ4v) is 6.32. The van der Waals surface area contributed by atoms with Crippen LogP contribution in [-0.4, -0.2) is 48.6 Å². The predicted molar refractivity (Wildman–Crippen MR) is 115 cm³/mol. The van der Waals surface area contributed by atoms with Crippen LogP contribution >= 0.6 is 0 Å². The summed E-state index contributed by atoms with van der Waals surface area (Å²) in [7, 11) is -3.69. The van der Waals surface area contributed by atoms with Gasteiger partial charge in [0.15, 0.2) is 0 Å². The van der Waals surface area contributed by atoms with Crippen molar-refractivity contribution in [2.45, 2.75) is 29.4 Å². The molecule has 6 nitrogen and oxygen atoms in total. The molecule has 0 amide bonds. The zero-order chi connectivity index (χ0) is 20.7. The summed E-state index contributed by atoms with van der Waals surface area (Å²) in [6.07, 6.45) is 1.75. The normalized spacial score (nSPS) is 23.4. The molecular weight excluding hydrogens is 398 g/mol. The number of aliphatic hydroxyl groups is 1. The summed E-state index contributed by atoms with van der Waals surface area (Å²) in [5, 5.41) is 10.1. The smallest absolute Gasteiger partial charge is 0.264 e. The summed E-state index contributed by atoms with van der Waals surface area (Å²) < 4.78 is 28.5. The van der Waals surface area contributed by atoms with Crippen LogP contribution in [0, 0.1) is 0 Å². The van der Waals surface area contributed by atoms with Gasteiger partial charge in [-0.05, 0) is 35.9 Å². The lowest BCUT2D eigenvalue weighted by Crippen LogP contribution is -2.68. The molecule has 1 aromatic heterocycles. The topological polar surface area (TPSA) is 73.7 Å². The fraction of sp³-hybridized carbons (Fsp3) is 0.261. The number of aromatic nitrogens is 1. The van der Waals surface area contributed by atoms with Crippen LogP contribution < -0.4 is 4.31 Å². The average molecular weight is 422 g/mol. The Morgan fingerprint density at radius 1 is 0.967 bits per heavy atom. The van der Waals surface area contributed by atoms with E-state index in [0.29, 0.717) is 18.8 Å². The van der Waals surface area contributed by atoms with Gasteiger partial charge in [0.2, 0.25) is 0 Å². The molecule has 2 aromatic carbocycles. The minimum atomic E-state index is -3.69. The van der Waals surface area contributed by atoms with E-state index in [1.54, 1.807) is 30.5 Å². The van der Waals surface area contributed by atoms with E-state index in [1.165, 1.54) is 4.31 Å². The molecule has 2 aliphatic heterocycles. The summed E-state index contributed by atoms with van der Waals surface area (Å²) in [6.45, 7) is 0.949. The number of anilines is 1. The Morgan fingerprint density at radius 3 is 2.43 bits per heavy atom. The quantitative estimate of drug-likeness (QED) is 0.686. The second-order valence-electron chi connectivity index (χ2n) is 7.74. The summed E-state index contributed by atoms with van der Waals surface area (Å²) in [5.74, 6) is 0.0946. The van der Waals surface area contributed by atoms with Crippen molar-refractivity contribution in [3.05, 3.63) is 90.3 Å². The molecule has 3 heterocycles. The Labute approximate surface area is 176 Å². The molecular formula is C23H23N3O3S. The molecule has 0 aliphatic carbocycles. The van der Waals surface area contributed by atoms with Crippen molar-refractivity contribution >= 4 is 15.7 Å². The summed E-state index contributed by atoms with van der Waals surface area (Å²) >= 11 is 0. The Bertz CT molecular complexity index is 1140. The highest BCUT2D eigenvalue weighted by Gasteiger charge is 2.54. The van der Waals surface area contributed by atoms with Crippen molar-refractivity contribution < 1.29 is 13.5 Å². The molecule has 1 N–H and O–H groups in total. The maximum Gasteiger partial charge on any atom is 0.264 e. The highest BCUT2D eigenvalue weighted by Crippen LogP contribution is 2.49. The Kier molecular flexibility index (Phi) is 4.81.